The van der Waals surface area contributed by atoms with Crippen LogP contribution in [0.15, 0.2) is 30.3 Å². The lowest BCUT2D eigenvalue weighted by molar-refractivity contribution is -0.130. The molecular weight excluding hydrogens is 200 g/mol. The molecule has 1 aromatic carbocycles. The Labute approximate surface area is 90.3 Å². The van der Waals surface area contributed by atoms with Crippen molar-refractivity contribution in [1.29, 1.82) is 0 Å². The summed E-state index contributed by atoms with van der Waals surface area (Å²) < 4.78 is 0. The zero-order valence-electron chi connectivity index (χ0n) is 8.31. The Balaban J connectivity index is 0.00000169. The number of likely N-dealkylation sites (N-methyl/N-ethyl adjacent to an activating group) is 1. The van der Waals surface area contributed by atoms with Crippen LogP contribution in [-0.2, 0) is 4.79 Å². The fourth-order valence-electron chi connectivity index (χ4n) is 1.08. The number of amides is 1. The highest BCUT2D eigenvalue weighted by atomic mass is 35.5. The van der Waals surface area contributed by atoms with Crippen LogP contribution in [0.2, 0.25) is 0 Å². The van der Waals surface area contributed by atoms with Crippen molar-refractivity contribution in [2.24, 2.45) is 5.73 Å². The lowest BCUT2D eigenvalue weighted by atomic mass is 10.1. The van der Waals surface area contributed by atoms with Gasteiger partial charge in [0.25, 0.3) is 0 Å². The summed E-state index contributed by atoms with van der Waals surface area (Å²) in [5.74, 6) is -0.0776. The smallest absolute Gasteiger partial charge is 0.243 e. The molecule has 1 unspecified atom stereocenters. The summed E-state index contributed by atoms with van der Waals surface area (Å²) in [7, 11) is 3.40. The average molecular weight is 215 g/mol. The summed E-state index contributed by atoms with van der Waals surface area (Å²) in [6, 6.07) is 8.81. The third-order valence-corrected chi connectivity index (χ3v) is 1.87. The predicted octanol–water partition coefficient (Wildman–Crippen LogP) is 1.20. The van der Waals surface area contributed by atoms with Gasteiger partial charge in [-0.25, -0.2) is 0 Å². The lowest BCUT2D eigenvalue weighted by Crippen LogP contribution is -2.33. The molecule has 0 aliphatic carbocycles. The van der Waals surface area contributed by atoms with Gasteiger partial charge in [0.05, 0.1) is 0 Å². The summed E-state index contributed by atoms with van der Waals surface area (Å²) in [6.07, 6.45) is 0. The molecule has 1 atom stereocenters. The maximum Gasteiger partial charge on any atom is 0.243 e. The molecule has 0 bridgehead atoms. The first kappa shape index (κ1) is 12.9. The first-order valence-electron chi connectivity index (χ1n) is 4.14. The zero-order valence-corrected chi connectivity index (χ0v) is 9.12. The number of carbonyl (C=O) groups excluding carboxylic acids is 1. The normalized spacial score (nSPS) is 11.4. The number of hydrogen-bond acceptors (Lipinski definition) is 2. The first-order chi connectivity index (χ1) is 6.13. The molecule has 1 aromatic rings. The van der Waals surface area contributed by atoms with Gasteiger partial charge in [0, 0.05) is 14.1 Å². The van der Waals surface area contributed by atoms with Crippen molar-refractivity contribution in [1.82, 2.24) is 4.90 Å². The molecule has 0 aliphatic heterocycles. The summed E-state index contributed by atoms with van der Waals surface area (Å²) in [5, 5.41) is 0. The van der Waals surface area contributed by atoms with E-state index in [1.54, 1.807) is 14.1 Å². The van der Waals surface area contributed by atoms with Gasteiger partial charge in [-0.15, -0.1) is 12.4 Å². The highest BCUT2D eigenvalue weighted by Crippen LogP contribution is 2.10. The Bertz CT molecular complexity index is 287. The van der Waals surface area contributed by atoms with E-state index in [2.05, 4.69) is 0 Å². The second kappa shape index (κ2) is 5.62. The third-order valence-electron chi connectivity index (χ3n) is 1.87. The summed E-state index contributed by atoms with van der Waals surface area (Å²) in [6.45, 7) is 0. The number of carbonyl (C=O) groups is 1. The van der Waals surface area contributed by atoms with Crippen molar-refractivity contribution in [3.63, 3.8) is 0 Å². The number of rotatable bonds is 2. The van der Waals surface area contributed by atoms with Crippen molar-refractivity contribution < 1.29 is 4.79 Å². The number of benzene rings is 1. The summed E-state index contributed by atoms with van der Waals surface area (Å²) >= 11 is 0. The Morgan fingerprint density at radius 1 is 1.29 bits per heavy atom. The third kappa shape index (κ3) is 3.01. The second-order valence-corrected chi connectivity index (χ2v) is 3.12. The van der Waals surface area contributed by atoms with Crippen molar-refractivity contribution >= 4 is 18.3 Å². The van der Waals surface area contributed by atoms with E-state index in [4.69, 9.17) is 5.73 Å². The molecular formula is C10H15ClN2O. The minimum Gasteiger partial charge on any atom is -0.347 e. The zero-order chi connectivity index (χ0) is 9.84. The van der Waals surface area contributed by atoms with Crippen molar-refractivity contribution in [2.45, 2.75) is 6.04 Å². The number of halogens is 1. The second-order valence-electron chi connectivity index (χ2n) is 3.12. The molecule has 14 heavy (non-hydrogen) atoms. The van der Waals surface area contributed by atoms with Crippen molar-refractivity contribution in [3.8, 4) is 0 Å². The van der Waals surface area contributed by atoms with Gasteiger partial charge in [0.1, 0.15) is 6.04 Å². The maximum absolute atomic E-state index is 11.4. The van der Waals surface area contributed by atoms with Crippen LogP contribution in [0.5, 0.6) is 0 Å². The van der Waals surface area contributed by atoms with Crippen LogP contribution in [0, 0.1) is 0 Å². The van der Waals surface area contributed by atoms with E-state index in [9.17, 15) is 4.79 Å². The quantitative estimate of drug-likeness (QED) is 0.804. The molecule has 0 aromatic heterocycles. The molecule has 0 aliphatic rings. The minimum atomic E-state index is -0.545. The van der Waals surface area contributed by atoms with Crippen LogP contribution in [0.25, 0.3) is 0 Å². The Morgan fingerprint density at radius 3 is 2.21 bits per heavy atom. The van der Waals surface area contributed by atoms with E-state index in [-0.39, 0.29) is 18.3 Å². The Hall–Kier alpha value is -1.06. The monoisotopic (exact) mass is 214 g/mol. The van der Waals surface area contributed by atoms with Gasteiger partial charge in [-0.05, 0) is 5.56 Å². The lowest BCUT2D eigenvalue weighted by Gasteiger charge is -2.16. The van der Waals surface area contributed by atoms with Crippen molar-refractivity contribution in [2.75, 3.05) is 14.1 Å². The van der Waals surface area contributed by atoms with Crippen molar-refractivity contribution in [3.05, 3.63) is 35.9 Å². The molecule has 0 heterocycles. The fourth-order valence-corrected chi connectivity index (χ4v) is 1.08. The highest BCUT2D eigenvalue weighted by molar-refractivity contribution is 5.85. The van der Waals surface area contributed by atoms with E-state index >= 15 is 0 Å². The van der Waals surface area contributed by atoms with Gasteiger partial charge in [-0.3, -0.25) is 4.79 Å². The SMILES string of the molecule is CN(C)C(=O)C(N)c1ccccc1.Cl. The molecule has 0 spiro atoms. The number of nitrogens with two attached hydrogens (primary N) is 1. The average Bonchev–Trinajstić information content (AvgIpc) is 2.17. The molecule has 3 nitrogen and oxygen atoms in total. The minimum absolute atomic E-state index is 0. The molecule has 2 N–H and O–H groups in total. The van der Waals surface area contributed by atoms with E-state index in [1.165, 1.54) is 4.90 Å². The fraction of sp³-hybridized carbons (Fsp3) is 0.300. The van der Waals surface area contributed by atoms with Gasteiger partial charge in [0.2, 0.25) is 5.91 Å². The van der Waals surface area contributed by atoms with Gasteiger partial charge in [0.15, 0.2) is 0 Å². The van der Waals surface area contributed by atoms with E-state index in [0.29, 0.717) is 0 Å². The molecule has 0 fully saturated rings. The van der Waals surface area contributed by atoms with Crippen LogP contribution >= 0.6 is 12.4 Å². The van der Waals surface area contributed by atoms with Gasteiger partial charge in [-0.1, -0.05) is 30.3 Å². The largest absolute Gasteiger partial charge is 0.347 e. The van der Waals surface area contributed by atoms with Crippen LogP contribution in [0.4, 0.5) is 0 Å². The molecule has 0 saturated heterocycles. The number of nitrogens with zero attached hydrogens (tertiary/aromatic N) is 1. The topological polar surface area (TPSA) is 46.3 Å². The highest BCUT2D eigenvalue weighted by Gasteiger charge is 2.16. The predicted molar refractivity (Wildman–Crippen MR) is 59.3 cm³/mol. The molecule has 0 saturated carbocycles. The van der Waals surface area contributed by atoms with Gasteiger partial charge >= 0.3 is 0 Å². The van der Waals surface area contributed by atoms with E-state index in [1.807, 2.05) is 30.3 Å². The molecule has 78 valence electrons. The summed E-state index contributed by atoms with van der Waals surface area (Å²) in [4.78, 5) is 12.9. The standard InChI is InChI=1S/C10H14N2O.ClH/c1-12(2)10(13)9(11)8-6-4-3-5-7-8;/h3-7,9H,11H2,1-2H3;1H. The molecule has 0 radical (unpaired) electrons. The van der Waals surface area contributed by atoms with E-state index < -0.39 is 6.04 Å². The molecule has 1 amide bonds. The Kier molecular flexibility index (Phi) is 5.20. The Morgan fingerprint density at radius 2 is 1.79 bits per heavy atom. The molecule has 4 heteroatoms. The van der Waals surface area contributed by atoms with Crippen LogP contribution in [0.1, 0.15) is 11.6 Å². The first-order valence-corrected chi connectivity index (χ1v) is 4.14. The maximum atomic E-state index is 11.4. The van der Waals surface area contributed by atoms with E-state index in [0.717, 1.165) is 5.56 Å². The molecule has 1 rings (SSSR count). The van der Waals surface area contributed by atoms with Gasteiger partial charge in [-0.2, -0.15) is 0 Å². The van der Waals surface area contributed by atoms with Crippen LogP contribution in [0.3, 0.4) is 0 Å². The van der Waals surface area contributed by atoms with Crippen LogP contribution < -0.4 is 5.73 Å². The number of hydrogen-bond donors (Lipinski definition) is 1. The summed E-state index contributed by atoms with van der Waals surface area (Å²) in [5.41, 5.74) is 6.60. The van der Waals surface area contributed by atoms with Gasteiger partial charge < -0.3 is 10.6 Å². The van der Waals surface area contributed by atoms with Crippen LogP contribution in [-0.4, -0.2) is 24.9 Å².